The summed E-state index contributed by atoms with van der Waals surface area (Å²) in [4.78, 5) is 4.35. The van der Waals surface area contributed by atoms with Crippen LogP contribution in [0.15, 0.2) is 22.8 Å². The second-order valence-electron chi connectivity index (χ2n) is 3.73. The van der Waals surface area contributed by atoms with E-state index in [4.69, 9.17) is 4.74 Å². The van der Waals surface area contributed by atoms with Crippen LogP contribution in [0, 0.1) is 0 Å². The van der Waals surface area contributed by atoms with Gasteiger partial charge in [0, 0.05) is 23.8 Å². The van der Waals surface area contributed by atoms with Crippen molar-refractivity contribution in [1.82, 2.24) is 14.6 Å². The van der Waals surface area contributed by atoms with Crippen LogP contribution in [0.4, 0.5) is 5.95 Å². The first kappa shape index (κ1) is 12.3. The molecule has 0 saturated carbocycles. The fourth-order valence-electron chi connectivity index (χ4n) is 1.51. The molecular weight excluding hydrogens is 284 g/mol. The minimum atomic E-state index is 0.151. The van der Waals surface area contributed by atoms with E-state index in [1.165, 1.54) is 0 Å². The van der Waals surface area contributed by atoms with Gasteiger partial charge in [-0.3, -0.25) is 0 Å². The molecule has 2 heterocycles. The van der Waals surface area contributed by atoms with Gasteiger partial charge in [0.1, 0.15) is 0 Å². The fourth-order valence-corrected chi connectivity index (χ4v) is 1.84. The molecule has 5 nitrogen and oxygen atoms in total. The number of hydrogen-bond acceptors (Lipinski definition) is 4. The van der Waals surface area contributed by atoms with Crippen molar-refractivity contribution < 1.29 is 4.74 Å². The van der Waals surface area contributed by atoms with E-state index in [-0.39, 0.29) is 6.10 Å². The van der Waals surface area contributed by atoms with Crippen molar-refractivity contribution >= 4 is 27.5 Å². The number of fused-ring (bicyclic) bond motifs is 1. The average molecular weight is 299 g/mol. The van der Waals surface area contributed by atoms with E-state index in [2.05, 4.69) is 31.3 Å². The van der Waals surface area contributed by atoms with Crippen molar-refractivity contribution in [3.8, 4) is 0 Å². The average Bonchev–Trinajstić information content (AvgIpc) is 2.68. The smallest absolute Gasteiger partial charge is 0.243 e. The summed E-state index contributed by atoms with van der Waals surface area (Å²) in [5.74, 6) is 0.620. The summed E-state index contributed by atoms with van der Waals surface area (Å²) in [7, 11) is 0. The third kappa shape index (κ3) is 3.17. The highest BCUT2D eigenvalue weighted by molar-refractivity contribution is 9.10. The van der Waals surface area contributed by atoms with E-state index in [0.29, 0.717) is 19.1 Å². The van der Waals surface area contributed by atoms with Gasteiger partial charge in [0.2, 0.25) is 5.95 Å². The number of rotatable bonds is 5. The molecule has 2 rings (SSSR count). The van der Waals surface area contributed by atoms with Gasteiger partial charge < -0.3 is 10.1 Å². The van der Waals surface area contributed by atoms with Gasteiger partial charge in [-0.15, -0.1) is 5.10 Å². The molecule has 0 spiro atoms. The Morgan fingerprint density at radius 2 is 2.35 bits per heavy atom. The molecule has 2 aromatic heterocycles. The molecule has 0 bridgehead atoms. The molecule has 0 aliphatic heterocycles. The van der Waals surface area contributed by atoms with E-state index in [9.17, 15) is 0 Å². The lowest BCUT2D eigenvalue weighted by Gasteiger charge is -2.10. The zero-order valence-electron chi connectivity index (χ0n) is 9.85. The molecule has 0 aromatic carbocycles. The molecule has 2 aromatic rings. The Morgan fingerprint density at radius 1 is 1.53 bits per heavy atom. The van der Waals surface area contributed by atoms with Gasteiger partial charge in [-0.2, -0.15) is 4.98 Å². The van der Waals surface area contributed by atoms with Gasteiger partial charge in [0.15, 0.2) is 5.65 Å². The predicted molar refractivity (Wildman–Crippen MR) is 70.3 cm³/mol. The number of nitrogens with one attached hydrogen (secondary N) is 1. The number of pyridine rings is 1. The number of halogens is 1. The Balaban J connectivity index is 2.04. The normalized spacial score (nSPS) is 12.9. The van der Waals surface area contributed by atoms with E-state index in [0.717, 1.165) is 10.1 Å². The molecule has 1 atom stereocenters. The summed E-state index contributed by atoms with van der Waals surface area (Å²) < 4.78 is 8.13. The minimum Gasteiger partial charge on any atom is -0.377 e. The molecule has 1 N–H and O–H groups in total. The SMILES string of the molecule is CCOC(C)CNc1nc2ccc(Br)cn2n1. The van der Waals surface area contributed by atoms with Crippen molar-refractivity contribution in [3.05, 3.63) is 22.8 Å². The minimum absolute atomic E-state index is 0.151. The van der Waals surface area contributed by atoms with Crippen LogP contribution in [-0.4, -0.2) is 33.9 Å². The molecule has 0 aliphatic rings. The predicted octanol–water partition coefficient (Wildman–Crippen LogP) is 2.33. The summed E-state index contributed by atoms with van der Waals surface area (Å²) in [5.41, 5.74) is 0.819. The van der Waals surface area contributed by atoms with Crippen LogP contribution in [-0.2, 0) is 4.74 Å². The highest BCUT2D eigenvalue weighted by Gasteiger charge is 2.05. The highest BCUT2D eigenvalue weighted by atomic mass is 79.9. The monoisotopic (exact) mass is 298 g/mol. The van der Waals surface area contributed by atoms with Crippen molar-refractivity contribution in [2.24, 2.45) is 0 Å². The fraction of sp³-hybridized carbons (Fsp3) is 0.455. The third-order valence-electron chi connectivity index (χ3n) is 2.29. The third-order valence-corrected chi connectivity index (χ3v) is 2.76. The molecule has 0 fully saturated rings. The molecule has 0 radical (unpaired) electrons. The number of nitrogens with zero attached hydrogens (tertiary/aromatic N) is 3. The van der Waals surface area contributed by atoms with Crippen molar-refractivity contribution in [2.75, 3.05) is 18.5 Å². The first-order valence-electron chi connectivity index (χ1n) is 5.56. The molecule has 6 heteroatoms. The van der Waals surface area contributed by atoms with Gasteiger partial charge >= 0.3 is 0 Å². The molecular formula is C11H15BrN4O. The van der Waals surface area contributed by atoms with Gasteiger partial charge in [0.25, 0.3) is 0 Å². The maximum Gasteiger partial charge on any atom is 0.243 e. The molecule has 0 aliphatic carbocycles. The van der Waals surface area contributed by atoms with Crippen molar-refractivity contribution in [3.63, 3.8) is 0 Å². The number of anilines is 1. The summed E-state index contributed by atoms with van der Waals surface area (Å²) in [6.07, 6.45) is 2.03. The van der Waals surface area contributed by atoms with Crippen LogP contribution >= 0.6 is 15.9 Å². The number of ether oxygens (including phenoxy) is 1. The van der Waals surface area contributed by atoms with Crippen LogP contribution in [0.25, 0.3) is 5.65 Å². The Morgan fingerprint density at radius 3 is 3.12 bits per heavy atom. The first-order valence-corrected chi connectivity index (χ1v) is 6.35. The lowest BCUT2D eigenvalue weighted by atomic mass is 10.4. The zero-order valence-corrected chi connectivity index (χ0v) is 11.4. The van der Waals surface area contributed by atoms with Crippen LogP contribution < -0.4 is 5.32 Å². The number of hydrogen-bond donors (Lipinski definition) is 1. The molecule has 0 amide bonds. The molecule has 92 valence electrons. The Labute approximate surface area is 108 Å². The second-order valence-corrected chi connectivity index (χ2v) is 4.65. The Bertz CT molecular complexity index is 499. The van der Waals surface area contributed by atoms with Gasteiger partial charge in [-0.05, 0) is 41.9 Å². The summed E-state index contributed by atoms with van der Waals surface area (Å²) >= 11 is 3.40. The van der Waals surface area contributed by atoms with Crippen molar-refractivity contribution in [1.29, 1.82) is 0 Å². The van der Waals surface area contributed by atoms with E-state index in [1.54, 1.807) is 4.52 Å². The maximum absolute atomic E-state index is 5.42. The van der Waals surface area contributed by atoms with E-state index < -0.39 is 0 Å². The number of aromatic nitrogens is 3. The standard InChI is InChI=1S/C11H15BrN4O/c1-3-17-8(2)6-13-11-14-10-5-4-9(12)7-16(10)15-11/h4-5,7-8H,3,6H2,1-2H3,(H,13,15). The summed E-state index contributed by atoms with van der Waals surface area (Å²) in [6.45, 7) is 5.42. The first-order chi connectivity index (χ1) is 8.19. The topological polar surface area (TPSA) is 51.5 Å². The van der Waals surface area contributed by atoms with Crippen LogP contribution in [0.2, 0.25) is 0 Å². The van der Waals surface area contributed by atoms with Crippen LogP contribution in [0.3, 0.4) is 0 Å². The Kier molecular flexibility index (Phi) is 3.96. The molecule has 1 unspecified atom stereocenters. The largest absolute Gasteiger partial charge is 0.377 e. The van der Waals surface area contributed by atoms with E-state index in [1.807, 2.05) is 32.2 Å². The quantitative estimate of drug-likeness (QED) is 0.920. The Hall–Kier alpha value is -1.14. The lowest BCUT2D eigenvalue weighted by Crippen LogP contribution is -2.20. The van der Waals surface area contributed by atoms with E-state index >= 15 is 0 Å². The molecule has 17 heavy (non-hydrogen) atoms. The zero-order chi connectivity index (χ0) is 12.3. The summed E-state index contributed by atoms with van der Waals surface area (Å²) in [5, 5.41) is 7.47. The summed E-state index contributed by atoms with van der Waals surface area (Å²) in [6, 6.07) is 3.85. The van der Waals surface area contributed by atoms with Crippen LogP contribution in [0.5, 0.6) is 0 Å². The van der Waals surface area contributed by atoms with Crippen LogP contribution in [0.1, 0.15) is 13.8 Å². The highest BCUT2D eigenvalue weighted by Crippen LogP contribution is 2.12. The van der Waals surface area contributed by atoms with Crippen molar-refractivity contribution in [2.45, 2.75) is 20.0 Å². The lowest BCUT2D eigenvalue weighted by molar-refractivity contribution is 0.0854. The molecule has 0 saturated heterocycles. The van der Waals surface area contributed by atoms with Gasteiger partial charge in [-0.1, -0.05) is 0 Å². The van der Waals surface area contributed by atoms with Gasteiger partial charge in [0.05, 0.1) is 6.10 Å². The maximum atomic E-state index is 5.42. The van der Waals surface area contributed by atoms with Gasteiger partial charge in [-0.25, -0.2) is 4.52 Å². The second kappa shape index (κ2) is 5.46.